The van der Waals surface area contributed by atoms with E-state index in [4.69, 9.17) is 0 Å². The van der Waals surface area contributed by atoms with Gasteiger partial charge in [0.1, 0.15) is 12.1 Å². The predicted molar refractivity (Wildman–Crippen MR) is 80.5 cm³/mol. The Hall–Kier alpha value is -1.68. The van der Waals surface area contributed by atoms with Gasteiger partial charge in [-0.2, -0.15) is 0 Å². The second-order valence-electron chi connectivity index (χ2n) is 5.75. The lowest BCUT2D eigenvalue weighted by atomic mass is 10.0. The maximum absolute atomic E-state index is 4.39. The number of fused-ring (bicyclic) bond motifs is 1. The van der Waals surface area contributed by atoms with E-state index in [0.29, 0.717) is 0 Å². The number of nitrogens with one attached hydrogen (secondary N) is 1. The van der Waals surface area contributed by atoms with Crippen LogP contribution in [0.15, 0.2) is 24.5 Å². The molecule has 0 amide bonds. The molecule has 0 aliphatic rings. The second-order valence-corrected chi connectivity index (χ2v) is 5.75. The Kier molecular flexibility index (Phi) is 3.71. The molecule has 102 valence electrons. The van der Waals surface area contributed by atoms with E-state index in [1.54, 1.807) is 6.33 Å². The zero-order valence-corrected chi connectivity index (χ0v) is 12.4. The fraction of sp³-hybridized carbons (Fsp3) is 0.467. The molecule has 2 rings (SSSR count). The first-order valence-electron chi connectivity index (χ1n) is 6.53. The maximum Gasteiger partial charge on any atom is 0.137 e. The molecular weight excluding hydrogens is 236 g/mol. The number of benzene rings is 1. The average Bonchev–Trinajstić information content (AvgIpc) is 2.36. The largest absolute Gasteiger partial charge is 0.368 e. The van der Waals surface area contributed by atoms with Crippen molar-refractivity contribution in [1.29, 1.82) is 0 Å². The van der Waals surface area contributed by atoms with E-state index < -0.39 is 0 Å². The molecule has 0 atom stereocenters. The summed E-state index contributed by atoms with van der Waals surface area (Å²) in [6.45, 7) is 7.33. The minimum atomic E-state index is 0.0694. The third-order valence-corrected chi connectivity index (χ3v) is 3.77. The highest BCUT2D eigenvalue weighted by atomic mass is 15.2. The number of aryl methyl sites for hydroxylation is 1. The van der Waals surface area contributed by atoms with Crippen LogP contribution in [0.4, 0.5) is 5.82 Å². The highest BCUT2D eigenvalue weighted by Gasteiger charge is 2.20. The normalized spacial score (nSPS) is 12.1. The molecule has 0 aliphatic heterocycles. The number of rotatable bonds is 4. The van der Waals surface area contributed by atoms with Crippen molar-refractivity contribution in [2.75, 3.05) is 26.0 Å². The Morgan fingerprint density at radius 3 is 2.63 bits per heavy atom. The van der Waals surface area contributed by atoms with Crippen LogP contribution < -0.4 is 5.32 Å². The number of hydrogen-bond donors (Lipinski definition) is 1. The van der Waals surface area contributed by atoms with E-state index in [0.717, 1.165) is 23.3 Å². The third kappa shape index (κ3) is 2.84. The second kappa shape index (κ2) is 5.13. The summed E-state index contributed by atoms with van der Waals surface area (Å²) in [5.41, 5.74) is 2.25. The molecule has 0 aliphatic carbocycles. The first kappa shape index (κ1) is 13.7. The highest BCUT2D eigenvalue weighted by Crippen LogP contribution is 2.23. The van der Waals surface area contributed by atoms with Gasteiger partial charge in [0.2, 0.25) is 0 Å². The van der Waals surface area contributed by atoms with E-state index in [1.165, 1.54) is 5.56 Å². The zero-order chi connectivity index (χ0) is 14.0. The number of likely N-dealkylation sites (N-methyl/N-ethyl adjacent to an activating group) is 1. The summed E-state index contributed by atoms with van der Waals surface area (Å²) in [4.78, 5) is 10.9. The summed E-state index contributed by atoms with van der Waals surface area (Å²) in [6.07, 6.45) is 1.62. The van der Waals surface area contributed by atoms with E-state index in [1.807, 2.05) is 12.1 Å². The summed E-state index contributed by atoms with van der Waals surface area (Å²) in [6, 6.07) is 6.14. The smallest absolute Gasteiger partial charge is 0.137 e. The molecule has 1 aromatic heterocycles. The van der Waals surface area contributed by atoms with Gasteiger partial charge in [-0.05, 0) is 46.5 Å². The number of nitrogens with zero attached hydrogens (tertiary/aromatic N) is 3. The van der Waals surface area contributed by atoms with E-state index in [2.05, 4.69) is 61.1 Å². The van der Waals surface area contributed by atoms with Crippen molar-refractivity contribution in [1.82, 2.24) is 14.9 Å². The molecule has 4 heteroatoms. The fourth-order valence-electron chi connectivity index (χ4n) is 1.87. The number of hydrogen-bond acceptors (Lipinski definition) is 4. The van der Waals surface area contributed by atoms with Gasteiger partial charge in [0, 0.05) is 17.5 Å². The summed E-state index contributed by atoms with van der Waals surface area (Å²) in [5, 5.41) is 4.57. The molecule has 19 heavy (non-hydrogen) atoms. The van der Waals surface area contributed by atoms with Crippen LogP contribution in [0.1, 0.15) is 19.4 Å². The SMILES string of the molecule is Cc1cccc2ncnc(NCC(C)(C)N(C)C)c12. The standard InChI is InChI=1S/C15H22N4/c1-11-7-6-8-12-13(11)14(18-10-17-12)16-9-15(2,3)19(4)5/h6-8,10H,9H2,1-5H3,(H,16,17,18). The Balaban J connectivity index is 2.31. The van der Waals surface area contributed by atoms with Gasteiger partial charge >= 0.3 is 0 Å². The summed E-state index contributed by atoms with van der Waals surface area (Å²) >= 11 is 0. The summed E-state index contributed by atoms with van der Waals surface area (Å²) in [5.74, 6) is 0.915. The quantitative estimate of drug-likeness (QED) is 0.915. The molecule has 4 nitrogen and oxygen atoms in total. The van der Waals surface area contributed by atoms with E-state index in [9.17, 15) is 0 Å². The van der Waals surface area contributed by atoms with Gasteiger partial charge in [-0.15, -0.1) is 0 Å². The van der Waals surface area contributed by atoms with Crippen molar-refractivity contribution < 1.29 is 0 Å². The molecule has 1 aromatic carbocycles. The Bertz CT molecular complexity index is 570. The molecule has 1 N–H and O–H groups in total. The molecule has 0 saturated carbocycles. The average molecular weight is 258 g/mol. The third-order valence-electron chi connectivity index (χ3n) is 3.77. The topological polar surface area (TPSA) is 41.1 Å². The lowest BCUT2D eigenvalue weighted by Crippen LogP contribution is -2.44. The lowest BCUT2D eigenvalue weighted by Gasteiger charge is -2.33. The molecule has 0 unspecified atom stereocenters. The zero-order valence-electron chi connectivity index (χ0n) is 12.4. The monoisotopic (exact) mass is 258 g/mol. The molecular formula is C15H22N4. The van der Waals surface area contributed by atoms with Crippen molar-refractivity contribution in [3.63, 3.8) is 0 Å². The number of aromatic nitrogens is 2. The molecule has 2 aromatic rings. The van der Waals surface area contributed by atoms with Crippen LogP contribution in [0.5, 0.6) is 0 Å². The van der Waals surface area contributed by atoms with E-state index in [-0.39, 0.29) is 5.54 Å². The van der Waals surface area contributed by atoms with Crippen LogP contribution in [-0.2, 0) is 0 Å². The van der Waals surface area contributed by atoms with Gasteiger partial charge in [-0.25, -0.2) is 9.97 Å². The van der Waals surface area contributed by atoms with Crippen LogP contribution in [0.3, 0.4) is 0 Å². The van der Waals surface area contributed by atoms with Gasteiger partial charge < -0.3 is 10.2 Å². The molecule has 1 heterocycles. The predicted octanol–water partition coefficient (Wildman–Crippen LogP) is 2.69. The van der Waals surface area contributed by atoms with Crippen molar-refractivity contribution >= 4 is 16.7 Å². The van der Waals surface area contributed by atoms with Crippen LogP contribution in [0, 0.1) is 6.92 Å². The minimum Gasteiger partial charge on any atom is -0.368 e. The number of anilines is 1. The fourth-order valence-corrected chi connectivity index (χ4v) is 1.87. The summed E-state index contributed by atoms with van der Waals surface area (Å²) < 4.78 is 0. The van der Waals surface area contributed by atoms with Gasteiger partial charge in [0.15, 0.2) is 0 Å². The molecule has 0 bridgehead atoms. The van der Waals surface area contributed by atoms with Crippen molar-refractivity contribution in [2.45, 2.75) is 26.3 Å². The van der Waals surface area contributed by atoms with Gasteiger partial charge in [-0.3, -0.25) is 0 Å². The van der Waals surface area contributed by atoms with Crippen LogP contribution >= 0.6 is 0 Å². The van der Waals surface area contributed by atoms with Crippen LogP contribution in [0.2, 0.25) is 0 Å². The van der Waals surface area contributed by atoms with Gasteiger partial charge in [0.05, 0.1) is 5.52 Å². The Morgan fingerprint density at radius 2 is 1.95 bits per heavy atom. The first-order valence-corrected chi connectivity index (χ1v) is 6.53. The summed E-state index contributed by atoms with van der Waals surface area (Å²) in [7, 11) is 4.18. The molecule has 0 fully saturated rings. The molecule has 0 saturated heterocycles. The van der Waals surface area contributed by atoms with Gasteiger partial charge in [-0.1, -0.05) is 12.1 Å². The lowest BCUT2D eigenvalue weighted by molar-refractivity contribution is 0.210. The maximum atomic E-state index is 4.39. The van der Waals surface area contributed by atoms with Crippen LogP contribution in [0.25, 0.3) is 10.9 Å². The van der Waals surface area contributed by atoms with Crippen molar-refractivity contribution in [3.05, 3.63) is 30.1 Å². The van der Waals surface area contributed by atoms with Crippen molar-refractivity contribution in [3.8, 4) is 0 Å². The Morgan fingerprint density at radius 1 is 1.21 bits per heavy atom. The minimum absolute atomic E-state index is 0.0694. The highest BCUT2D eigenvalue weighted by molar-refractivity contribution is 5.91. The molecule has 0 spiro atoms. The molecule has 0 radical (unpaired) electrons. The van der Waals surface area contributed by atoms with E-state index >= 15 is 0 Å². The first-order chi connectivity index (χ1) is 8.92. The van der Waals surface area contributed by atoms with Crippen LogP contribution in [-0.4, -0.2) is 41.0 Å². The van der Waals surface area contributed by atoms with Crippen molar-refractivity contribution in [2.24, 2.45) is 0 Å². The van der Waals surface area contributed by atoms with Gasteiger partial charge in [0.25, 0.3) is 0 Å². The Labute approximate surface area is 114 Å².